The van der Waals surface area contributed by atoms with E-state index in [0.717, 1.165) is 6.07 Å². The maximum Gasteiger partial charge on any atom is 0.276 e. The molecule has 1 amide bonds. The Bertz CT molecular complexity index is 1290. The van der Waals surface area contributed by atoms with Gasteiger partial charge >= 0.3 is 0 Å². The Morgan fingerprint density at radius 2 is 2.12 bits per heavy atom. The maximum absolute atomic E-state index is 14.0. The fourth-order valence-corrected chi connectivity index (χ4v) is 5.12. The molecular weight excluding hydrogens is 440 g/mol. The van der Waals surface area contributed by atoms with E-state index < -0.39 is 34.9 Å². The highest BCUT2D eigenvalue weighted by Gasteiger charge is 2.40. The molecule has 3 aromatic rings. The standard InChI is InChI=1S/C22H19F2N3O4S/c1-11-4-5-31-17-10-26-9-15(19(28)20(29)18(26)22(30)27(11)17)21-25-8-14(32-21)6-12-2-3-13(23)7-16(12)24/h2-3,7-9,11,17,29H,4-6,10H2,1H3/t11-,17-/m1/s1. The normalized spacial score (nSPS) is 20.2. The Balaban J connectivity index is 1.50. The van der Waals surface area contributed by atoms with E-state index in [4.69, 9.17) is 4.74 Å². The summed E-state index contributed by atoms with van der Waals surface area (Å²) in [6.07, 6.45) is 3.42. The van der Waals surface area contributed by atoms with Crippen LogP contribution in [0.2, 0.25) is 0 Å². The molecule has 2 aromatic heterocycles. The quantitative estimate of drug-likeness (QED) is 0.651. The Labute approximate surface area is 185 Å². The number of benzene rings is 1. The fraction of sp³-hybridized carbons (Fsp3) is 0.318. The van der Waals surface area contributed by atoms with Gasteiger partial charge in [-0.25, -0.2) is 13.8 Å². The van der Waals surface area contributed by atoms with Gasteiger partial charge in [-0.2, -0.15) is 0 Å². The van der Waals surface area contributed by atoms with Crippen LogP contribution in [0.15, 0.2) is 35.4 Å². The Kier molecular flexibility index (Phi) is 5.06. The van der Waals surface area contributed by atoms with Crippen molar-refractivity contribution < 1.29 is 23.4 Å². The molecule has 1 aromatic carbocycles. The van der Waals surface area contributed by atoms with Gasteiger partial charge in [-0.3, -0.25) is 9.59 Å². The van der Waals surface area contributed by atoms with Crippen molar-refractivity contribution in [3.05, 3.63) is 68.6 Å². The predicted molar refractivity (Wildman–Crippen MR) is 113 cm³/mol. The highest BCUT2D eigenvalue weighted by Crippen LogP contribution is 2.32. The first-order valence-corrected chi connectivity index (χ1v) is 10.9. The summed E-state index contributed by atoms with van der Waals surface area (Å²) in [4.78, 5) is 32.4. The number of thiazole rings is 1. The molecule has 1 saturated heterocycles. The molecular formula is C22H19F2N3O4S. The highest BCUT2D eigenvalue weighted by molar-refractivity contribution is 7.15. The van der Waals surface area contributed by atoms with Gasteiger partial charge in [0.1, 0.15) is 16.6 Å². The molecule has 2 aliphatic rings. The molecule has 10 heteroatoms. The second kappa shape index (κ2) is 7.79. The number of aromatic hydroxyl groups is 1. The number of hydrogen-bond acceptors (Lipinski definition) is 6. The van der Waals surface area contributed by atoms with Crippen LogP contribution in [-0.4, -0.2) is 44.3 Å². The zero-order valence-electron chi connectivity index (χ0n) is 17.0. The molecule has 1 N–H and O–H groups in total. The smallest absolute Gasteiger partial charge is 0.276 e. The van der Waals surface area contributed by atoms with Crippen molar-refractivity contribution in [2.75, 3.05) is 6.61 Å². The second-order valence-electron chi connectivity index (χ2n) is 7.94. The third kappa shape index (κ3) is 3.39. The first-order valence-electron chi connectivity index (χ1n) is 10.1. The summed E-state index contributed by atoms with van der Waals surface area (Å²) in [6, 6.07) is 3.31. The van der Waals surface area contributed by atoms with Gasteiger partial charge in [0.05, 0.1) is 18.7 Å². The minimum Gasteiger partial charge on any atom is -0.503 e. The van der Waals surface area contributed by atoms with Crippen molar-refractivity contribution in [1.82, 2.24) is 14.5 Å². The summed E-state index contributed by atoms with van der Waals surface area (Å²) in [5, 5.41) is 10.9. The third-order valence-corrected chi connectivity index (χ3v) is 6.87. The molecule has 2 atom stereocenters. The zero-order valence-corrected chi connectivity index (χ0v) is 17.9. The lowest BCUT2D eigenvalue weighted by Gasteiger charge is -2.44. The molecule has 166 valence electrons. The van der Waals surface area contributed by atoms with Gasteiger partial charge in [-0.1, -0.05) is 6.07 Å². The van der Waals surface area contributed by atoms with Crippen LogP contribution in [0.1, 0.15) is 34.3 Å². The molecule has 0 unspecified atom stereocenters. The number of amides is 1. The van der Waals surface area contributed by atoms with E-state index in [-0.39, 0.29) is 30.3 Å². The van der Waals surface area contributed by atoms with Crippen LogP contribution in [0.4, 0.5) is 8.78 Å². The van der Waals surface area contributed by atoms with Gasteiger partial charge in [-0.15, -0.1) is 11.3 Å². The minimum atomic E-state index is -0.692. The molecule has 0 bridgehead atoms. The number of rotatable bonds is 3. The molecule has 1 fully saturated rings. The number of halogens is 2. The van der Waals surface area contributed by atoms with Gasteiger partial charge in [0.2, 0.25) is 5.43 Å². The molecule has 0 radical (unpaired) electrons. The van der Waals surface area contributed by atoms with Crippen molar-refractivity contribution in [3.8, 4) is 16.3 Å². The van der Waals surface area contributed by atoms with Gasteiger partial charge < -0.3 is 19.3 Å². The molecule has 0 saturated carbocycles. The van der Waals surface area contributed by atoms with E-state index in [1.807, 2.05) is 6.92 Å². The predicted octanol–water partition coefficient (Wildman–Crippen LogP) is 3.14. The summed E-state index contributed by atoms with van der Waals surface area (Å²) in [5.41, 5.74) is -0.298. The fourth-order valence-electron chi connectivity index (χ4n) is 4.18. The van der Waals surface area contributed by atoms with Crippen LogP contribution in [0, 0.1) is 11.6 Å². The van der Waals surface area contributed by atoms with Crippen LogP contribution in [0.5, 0.6) is 5.75 Å². The Morgan fingerprint density at radius 1 is 1.31 bits per heavy atom. The first kappa shape index (κ1) is 20.8. The maximum atomic E-state index is 14.0. The van der Waals surface area contributed by atoms with Gasteiger partial charge in [0.25, 0.3) is 5.91 Å². The SMILES string of the molecule is C[C@@H]1CCO[C@@H]2Cn3cc(-c4ncc(Cc5ccc(F)cc5F)s4)c(=O)c(O)c3C(=O)N12. The number of carbonyl (C=O) groups is 1. The van der Waals surface area contributed by atoms with Crippen LogP contribution < -0.4 is 5.43 Å². The molecule has 32 heavy (non-hydrogen) atoms. The van der Waals surface area contributed by atoms with Crippen LogP contribution in [-0.2, 0) is 17.7 Å². The summed E-state index contributed by atoms with van der Waals surface area (Å²) in [7, 11) is 0. The van der Waals surface area contributed by atoms with E-state index in [1.165, 1.54) is 40.4 Å². The van der Waals surface area contributed by atoms with Crippen molar-refractivity contribution >= 4 is 17.2 Å². The first-order chi connectivity index (χ1) is 15.3. The lowest BCUT2D eigenvalue weighted by atomic mass is 10.1. The Hall–Kier alpha value is -3.11. The van der Waals surface area contributed by atoms with Gasteiger partial charge in [0.15, 0.2) is 17.7 Å². The summed E-state index contributed by atoms with van der Waals surface area (Å²) < 4.78 is 34.4. The zero-order chi connectivity index (χ0) is 22.6. The van der Waals surface area contributed by atoms with Crippen molar-refractivity contribution in [1.29, 1.82) is 0 Å². The van der Waals surface area contributed by atoms with Crippen molar-refractivity contribution in [3.63, 3.8) is 0 Å². The van der Waals surface area contributed by atoms with E-state index in [1.54, 1.807) is 4.90 Å². The van der Waals surface area contributed by atoms with E-state index in [0.29, 0.717) is 28.5 Å². The topological polar surface area (TPSA) is 84.7 Å². The van der Waals surface area contributed by atoms with Crippen LogP contribution in [0.25, 0.3) is 10.6 Å². The molecule has 0 spiro atoms. The largest absolute Gasteiger partial charge is 0.503 e. The van der Waals surface area contributed by atoms with Crippen molar-refractivity contribution in [2.45, 2.75) is 38.6 Å². The molecule has 0 aliphatic carbocycles. The van der Waals surface area contributed by atoms with E-state index in [9.17, 15) is 23.5 Å². The number of aromatic nitrogens is 2. The average Bonchev–Trinajstić information content (AvgIpc) is 3.21. The summed E-state index contributed by atoms with van der Waals surface area (Å²) in [5.74, 6) is -2.37. The number of hydrogen-bond donors (Lipinski definition) is 1. The van der Waals surface area contributed by atoms with Gasteiger partial charge in [-0.05, 0) is 25.0 Å². The lowest BCUT2D eigenvalue weighted by molar-refractivity contribution is -0.112. The number of ether oxygens (including phenoxy) is 1. The highest BCUT2D eigenvalue weighted by atomic mass is 32.1. The molecule has 4 heterocycles. The summed E-state index contributed by atoms with van der Waals surface area (Å²) >= 11 is 1.17. The number of fused-ring (bicyclic) bond motifs is 2. The number of pyridine rings is 1. The molecule has 2 aliphatic heterocycles. The van der Waals surface area contributed by atoms with E-state index >= 15 is 0 Å². The van der Waals surface area contributed by atoms with Crippen LogP contribution in [0.3, 0.4) is 0 Å². The van der Waals surface area contributed by atoms with E-state index in [2.05, 4.69) is 4.98 Å². The number of carbonyl (C=O) groups excluding carboxylic acids is 1. The lowest BCUT2D eigenvalue weighted by Crippen LogP contribution is -2.56. The van der Waals surface area contributed by atoms with Crippen molar-refractivity contribution in [2.24, 2.45) is 0 Å². The minimum absolute atomic E-state index is 0.0578. The Morgan fingerprint density at radius 3 is 2.91 bits per heavy atom. The summed E-state index contributed by atoms with van der Waals surface area (Å²) in [6.45, 7) is 2.72. The van der Waals surface area contributed by atoms with Gasteiger partial charge in [0, 0.05) is 35.8 Å². The monoisotopic (exact) mass is 459 g/mol. The number of nitrogens with zero attached hydrogens (tertiary/aromatic N) is 3. The molecule has 7 nitrogen and oxygen atoms in total. The third-order valence-electron chi connectivity index (χ3n) is 5.84. The second-order valence-corrected chi connectivity index (χ2v) is 9.06. The van der Waals surface area contributed by atoms with Crippen LogP contribution >= 0.6 is 11.3 Å². The molecule has 5 rings (SSSR count). The average molecular weight is 459 g/mol.